The fraction of sp³-hybridized carbons (Fsp3) is 0.700. The molecule has 0 radical (unpaired) electrons. The summed E-state index contributed by atoms with van der Waals surface area (Å²) in [6.07, 6.45) is 3.98. The predicted molar refractivity (Wildman–Crippen MR) is 92.9 cm³/mol. The van der Waals surface area contributed by atoms with Crippen molar-refractivity contribution in [2.75, 3.05) is 39.5 Å². The molecule has 3 rings (SSSR count). The molecule has 1 aromatic rings. The summed E-state index contributed by atoms with van der Waals surface area (Å²) in [5, 5.41) is 0. The van der Waals surface area contributed by atoms with Gasteiger partial charge in [0.15, 0.2) is 0 Å². The predicted octanol–water partition coefficient (Wildman–Crippen LogP) is 2.06. The second-order valence-corrected chi connectivity index (χ2v) is 7.62. The van der Waals surface area contributed by atoms with E-state index in [4.69, 9.17) is 9.47 Å². The second-order valence-electron chi connectivity index (χ2n) is 7.62. The average molecular weight is 318 g/mol. The van der Waals surface area contributed by atoms with E-state index < -0.39 is 0 Å². The molecule has 3 heteroatoms. The average Bonchev–Trinajstić information content (AvgIpc) is 2.62. The van der Waals surface area contributed by atoms with Gasteiger partial charge in [0.25, 0.3) is 0 Å². The summed E-state index contributed by atoms with van der Waals surface area (Å²) in [5.41, 5.74) is 1.81. The van der Waals surface area contributed by atoms with Crippen LogP contribution in [0, 0.1) is 5.92 Å². The zero-order valence-corrected chi connectivity index (χ0v) is 14.7. The monoisotopic (exact) mass is 318 g/mol. The van der Waals surface area contributed by atoms with Crippen molar-refractivity contribution in [2.24, 2.45) is 5.92 Å². The van der Waals surface area contributed by atoms with Gasteiger partial charge < -0.3 is 14.4 Å². The molecule has 0 unspecified atom stereocenters. The summed E-state index contributed by atoms with van der Waals surface area (Å²) in [7, 11) is 0. The number of quaternary nitrogens is 1. The van der Waals surface area contributed by atoms with Gasteiger partial charge >= 0.3 is 0 Å². The first-order valence-corrected chi connectivity index (χ1v) is 9.28. The van der Waals surface area contributed by atoms with Crippen LogP contribution >= 0.6 is 0 Å². The molecular weight excluding hydrogens is 286 g/mol. The van der Waals surface area contributed by atoms with Crippen LogP contribution in [-0.2, 0) is 14.9 Å². The van der Waals surface area contributed by atoms with Gasteiger partial charge in [-0.25, -0.2) is 0 Å². The van der Waals surface area contributed by atoms with E-state index in [1.165, 1.54) is 24.9 Å². The zero-order chi connectivity index (χ0) is 16.1. The largest absolute Gasteiger partial charge is 0.378 e. The number of ether oxygens (including phenoxy) is 2. The van der Waals surface area contributed by atoms with Crippen molar-refractivity contribution in [3.05, 3.63) is 35.9 Å². The van der Waals surface area contributed by atoms with E-state index in [0.717, 1.165) is 39.3 Å². The van der Waals surface area contributed by atoms with Gasteiger partial charge in [-0.1, -0.05) is 44.2 Å². The molecule has 2 aliphatic rings. The third kappa shape index (κ3) is 4.14. The Hall–Kier alpha value is -0.900. The molecule has 2 heterocycles. The van der Waals surface area contributed by atoms with E-state index in [2.05, 4.69) is 44.2 Å². The number of rotatable bonds is 5. The van der Waals surface area contributed by atoms with Crippen LogP contribution in [-0.4, -0.2) is 45.6 Å². The molecule has 0 aromatic heterocycles. The van der Waals surface area contributed by atoms with Crippen molar-refractivity contribution in [1.82, 2.24) is 0 Å². The van der Waals surface area contributed by atoms with E-state index in [0.29, 0.717) is 17.4 Å². The highest BCUT2D eigenvalue weighted by Crippen LogP contribution is 2.41. The van der Waals surface area contributed by atoms with Gasteiger partial charge in [-0.15, -0.1) is 0 Å². The normalized spacial score (nSPS) is 29.8. The van der Waals surface area contributed by atoms with Gasteiger partial charge in [0, 0.05) is 18.4 Å². The lowest BCUT2D eigenvalue weighted by Gasteiger charge is -2.43. The number of benzene rings is 1. The van der Waals surface area contributed by atoms with Gasteiger partial charge in [0.05, 0.1) is 25.9 Å². The summed E-state index contributed by atoms with van der Waals surface area (Å²) in [6, 6.07) is 11.2. The van der Waals surface area contributed by atoms with Crippen molar-refractivity contribution >= 4 is 0 Å². The maximum absolute atomic E-state index is 6.08. The van der Waals surface area contributed by atoms with Crippen molar-refractivity contribution in [1.29, 1.82) is 0 Å². The van der Waals surface area contributed by atoms with E-state index in [1.807, 2.05) is 0 Å². The first-order valence-electron chi connectivity index (χ1n) is 9.28. The van der Waals surface area contributed by atoms with Crippen LogP contribution in [0.4, 0.5) is 0 Å². The minimum absolute atomic E-state index is 0.291. The second kappa shape index (κ2) is 7.78. The summed E-state index contributed by atoms with van der Waals surface area (Å²) >= 11 is 0. The smallest absolute Gasteiger partial charge is 0.101 e. The lowest BCUT2D eigenvalue weighted by Crippen LogP contribution is -3.14. The van der Waals surface area contributed by atoms with E-state index >= 15 is 0 Å². The van der Waals surface area contributed by atoms with Crippen molar-refractivity contribution < 1.29 is 14.4 Å². The van der Waals surface area contributed by atoms with E-state index in [9.17, 15) is 0 Å². The van der Waals surface area contributed by atoms with Crippen LogP contribution in [0.2, 0.25) is 0 Å². The lowest BCUT2D eigenvalue weighted by atomic mass is 9.68. The number of morpholine rings is 1. The summed E-state index contributed by atoms with van der Waals surface area (Å²) in [4.78, 5) is 1.71. The lowest BCUT2D eigenvalue weighted by molar-refractivity contribution is -0.908. The zero-order valence-electron chi connectivity index (χ0n) is 14.7. The van der Waals surface area contributed by atoms with Gasteiger partial charge in [0.2, 0.25) is 0 Å². The maximum atomic E-state index is 6.08. The molecular formula is C20H32NO2+. The van der Waals surface area contributed by atoms with Crippen LogP contribution < -0.4 is 4.90 Å². The molecule has 23 heavy (non-hydrogen) atoms. The molecule has 2 aliphatic heterocycles. The Morgan fingerprint density at radius 2 is 1.87 bits per heavy atom. The quantitative estimate of drug-likeness (QED) is 0.898. The van der Waals surface area contributed by atoms with Crippen molar-refractivity contribution in [3.8, 4) is 0 Å². The summed E-state index contributed by atoms with van der Waals surface area (Å²) < 4.78 is 11.6. The highest BCUT2D eigenvalue weighted by Gasteiger charge is 2.40. The number of hydrogen-bond acceptors (Lipinski definition) is 2. The molecule has 0 spiro atoms. The maximum Gasteiger partial charge on any atom is 0.101 e. The van der Waals surface area contributed by atoms with Crippen molar-refractivity contribution in [2.45, 2.75) is 44.6 Å². The molecule has 0 saturated carbocycles. The Labute approximate surface area is 141 Å². The fourth-order valence-corrected chi connectivity index (χ4v) is 4.13. The molecule has 1 N–H and O–H groups in total. The van der Waals surface area contributed by atoms with E-state index in [1.54, 1.807) is 4.90 Å². The Bertz CT molecular complexity index is 470. The third-order valence-corrected chi connectivity index (χ3v) is 5.79. The third-order valence-electron chi connectivity index (χ3n) is 5.79. The first kappa shape index (κ1) is 16.9. The van der Waals surface area contributed by atoms with Crippen LogP contribution in [0.1, 0.15) is 38.7 Å². The van der Waals surface area contributed by atoms with E-state index in [-0.39, 0.29) is 0 Å². The van der Waals surface area contributed by atoms with Crippen LogP contribution in [0.3, 0.4) is 0 Å². The molecule has 0 aliphatic carbocycles. The molecule has 1 aromatic carbocycles. The minimum atomic E-state index is 0.291. The molecule has 2 fully saturated rings. The highest BCUT2D eigenvalue weighted by molar-refractivity contribution is 5.26. The van der Waals surface area contributed by atoms with Gasteiger partial charge in [-0.2, -0.15) is 0 Å². The van der Waals surface area contributed by atoms with Gasteiger partial charge in [-0.05, 0) is 24.3 Å². The first-order chi connectivity index (χ1) is 11.2. The van der Waals surface area contributed by atoms with Crippen LogP contribution in [0.5, 0.6) is 0 Å². The van der Waals surface area contributed by atoms with Crippen LogP contribution in [0.25, 0.3) is 0 Å². The van der Waals surface area contributed by atoms with Gasteiger partial charge in [0.1, 0.15) is 13.1 Å². The Balaban J connectivity index is 1.75. The topological polar surface area (TPSA) is 22.9 Å². The molecule has 3 nitrogen and oxygen atoms in total. The Morgan fingerprint density at radius 1 is 1.13 bits per heavy atom. The SMILES string of the molecule is CC(C)[C@H]1C[C@@](CC[NH+]2CCOCC2)(c2ccccc2)CCO1. The molecule has 2 saturated heterocycles. The Morgan fingerprint density at radius 3 is 2.57 bits per heavy atom. The number of hydrogen-bond donors (Lipinski definition) is 1. The Kier molecular flexibility index (Phi) is 5.73. The molecule has 2 atom stereocenters. The van der Waals surface area contributed by atoms with Crippen molar-refractivity contribution in [3.63, 3.8) is 0 Å². The highest BCUT2D eigenvalue weighted by atomic mass is 16.5. The summed E-state index contributed by atoms with van der Waals surface area (Å²) in [6.45, 7) is 10.9. The molecule has 128 valence electrons. The molecule has 0 amide bonds. The van der Waals surface area contributed by atoms with Crippen LogP contribution in [0.15, 0.2) is 30.3 Å². The standard InChI is InChI=1S/C20H31NO2/c1-17(2)19-16-20(9-13-23-19,18-6-4-3-5-7-18)8-10-21-11-14-22-15-12-21/h3-7,17,19H,8-16H2,1-2H3/p+1/t19-,20+/m1/s1. The summed E-state index contributed by atoms with van der Waals surface area (Å²) in [5.74, 6) is 0.592. The van der Waals surface area contributed by atoms with Gasteiger partial charge in [-0.3, -0.25) is 0 Å². The molecule has 0 bridgehead atoms. The fourth-order valence-electron chi connectivity index (χ4n) is 4.13. The number of nitrogens with one attached hydrogen (secondary N) is 1. The minimum Gasteiger partial charge on any atom is -0.378 e.